The molecule has 0 saturated carbocycles. The van der Waals surface area contributed by atoms with E-state index in [1.165, 1.54) is 6.42 Å². The standard InChI is InChI=1S/C16H24N2O/c1-16(2)9-6-10-18(12-16)15(19)11-14(17)13-7-4-3-5-8-13/h3-5,7-8,14H,6,9-12,17H2,1-2H3. The van der Waals surface area contributed by atoms with Gasteiger partial charge in [0.2, 0.25) is 5.91 Å². The topological polar surface area (TPSA) is 46.3 Å². The van der Waals surface area contributed by atoms with Crippen molar-refractivity contribution in [3.8, 4) is 0 Å². The summed E-state index contributed by atoms with van der Waals surface area (Å²) in [5.74, 6) is 0.184. The number of piperidine rings is 1. The second kappa shape index (κ2) is 5.74. The summed E-state index contributed by atoms with van der Waals surface area (Å²) in [6.07, 6.45) is 2.70. The maximum Gasteiger partial charge on any atom is 0.224 e. The van der Waals surface area contributed by atoms with Gasteiger partial charge in [0.05, 0.1) is 0 Å². The molecule has 1 atom stereocenters. The quantitative estimate of drug-likeness (QED) is 0.908. The van der Waals surface area contributed by atoms with Gasteiger partial charge in [-0.25, -0.2) is 0 Å². The Morgan fingerprint density at radius 3 is 2.68 bits per heavy atom. The van der Waals surface area contributed by atoms with Crippen LogP contribution in [-0.4, -0.2) is 23.9 Å². The van der Waals surface area contributed by atoms with E-state index in [-0.39, 0.29) is 17.4 Å². The third-order valence-corrected chi connectivity index (χ3v) is 3.88. The molecular weight excluding hydrogens is 236 g/mol. The van der Waals surface area contributed by atoms with Crippen LogP contribution < -0.4 is 5.73 Å². The van der Waals surface area contributed by atoms with E-state index in [0.29, 0.717) is 6.42 Å². The van der Waals surface area contributed by atoms with E-state index >= 15 is 0 Å². The molecule has 1 saturated heterocycles. The van der Waals surface area contributed by atoms with E-state index in [9.17, 15) is 4.79 Å². The SMILES string of the molecule is CC1(C)CCCN(C(=O)CC(N)c2ccccc2)C1. The fraction of sp³-hybridized carbons (Fsp3) is 0.562. The highest BCUT2D eigenvalue weighted by Gasteiger charge is 2.29. The summed E-state index contributed by atoms with van der Waals surface area (Å²) >= 11 is 0. The molecule has 1 amide bonds. The third kappa shape index (κ3) is 3.80. The first-order valence-electron chi connectivity index (χ1n) is 7.06. The van der Waals surface area contributed by atoms with Gasteiger partial charge in [-0.1, -0.05) is 44.2 Å². The molecule has 1 aromatic carbocycles. The zero-order valence-corrected chi connectivity index (χ0v) is 11.9. The number of rotatable bonds is 3. The van der Waals surface area contributed by atoms with Crippen LogP contribution in [0.5, 0.6) is 0 Å². The highest BCUT2D eigenvalue weighted by molar-refractivity contribution is 5.77. The predicted octanol–water partition coefficient (Wildman–Crippen LogP) is 2.73. The van der Waals surface area contributed by atoms with Crippen molar-refractivity contribution >= 4 is 5.91 Å². The summed E-state index contributed by atoms with van der Waals surface area (Å²) in [6.45, 7) is 6.18. The number of likely N-dealkylation sites (tertiary alicyclic amines) is 1. The van der Waals surface area contributed by atoms with Gasteiger partial charge >= 0.3 is 0 Å². The van der Waals surface area contributed by atoms with Crippen molar-refractivity contribution in [1.29, 1.82) is 0 Å². The number of hydrogen-bond acceptors (Lipinski definition) is 2. The smallest absolute Gasteiger partial charge is 0.224 e. The van der Waals surface area contributed by atoms with Crippen molar-refractivity contribution in [2.45, 2.75) is 39.2 Å². The van der Waals surface area contributed by atoms with Crippen LogP contribution in [0.15, 0.2) is 30.3 Å². The van der Waals surface area contributed by atoms with E-state index in [4.69, 9.17) is 5.73 Å². The van der Waals surface area contributed by atoms with E-state index in [1.54, 1.807) is 0 Å². The first-order valence-corrected chi connectivity index (χ1v) is 7.06. The molecule has 0 radical (unpaired) electrons. The van der Waals surface area contributed by atoms with Gasteiger partial charge in [-0.05, 0) is 23.8 Å². The second-order valence-corrected chi connectivity index (χ2v) is 6.30. The lowest BCUT2D eigenvalue weighted by Crippen LogP contribution is -2.44. The molecule has 0 spiro atoms. The van der Waals surface area contributed by atoms with Crippen molar-refractivity contribution in [3.63, 3.8) is 0 Å². The number of benzene rings is 1. The van der Waals surface area contributed by atoms with Crippen LogP contribution in [-0.2, 0) is 4.79 Å². The van der Waals surface area contributed by atoms with E-state index in [2.05, 4.69) is 13.8 Å². The van der Waals surface area contributed by atoms with Crippen LogP contribution in [0.4, 0.5) is 0 Å². The molecule has 2 rings (SSSR count). The minimum Gasteiger partial charge on any atom is -0.342 e. The fourth-order valence-corrected chi connectivity index (χ4v) is 2.77. The molecule has 1 unspecified atom stereocenters. The number of amides is 1. The van der Waals surface area contributed by atoms with Crippen molar-refractivity contribution in [1.82, 2.24) is 4.90 Å². The predicted molar refractivity (Wildman–Crippen MR) is 77.6 cm³/mol. The van der Waals surface area contributed by atoms with Crippen LogP contribution in [0.3, 0.4) is 0 Å². The second-order valence-electron chi connectivity index (χ2n) is 6.30. The van der Waals surface area contributed by atoms with Gasteiger partial charge in [0, 0.05) is 25.6 Å². The molecule has 2 N–H and O–H groups in total. The summed E-state index contributed by atoms with van der Waals surface area (Å²) in [7, 11) is 0. The van der Waals surface area contributed by atoms with Crippen LogP contribution in [0.2, 0.25) is 0 Å². The average molecular weight is 260 g/mol. The molecule has 19 heavy (non-hydrogen) atoms. The first kappa shape index (κ1) is 14.1. The number of nitrogens with zero attached hydrogens (tertiary/aromatic N) is 1. The first-order chi connectivity index (χ1) is 8.98. The van der Waals surface area contributed by atoms with Crippen LogP contribution in [0.25, 0.3) is 0 Å². The van der Waals surface area contributed by atoms with Gasteiger partial charge < -0.3 is 10.6 Å². The minimum absolute atomic E-state index is 0.184. The molecule has 3 heteroatoms. The molecule has 1 aromatic rings. The molecule has 1 heterocycles. The van der Waals surface area contributed by atoms with Crippen LogP contribution in [0, 0.1) is 5.41 Å². The van der Waals surface area contributed by atoms with Crippen molar-refractivity contribution in [3.05, 3.63) is 35.9 Å². The lowest BCUT2D eigenvalue weighted by atomic mass is 9.84. The monoisotopic (exact) mass is 260 g/mol. The molecule has 0 aromatic heterocycles. The van der Waals surface area contributed by atoms with Crippen molar-refractivity contribution in [2.75, 3.05) is 13.1 Å². The highest BCUT2D eigenvalue weighted by atomic mass is 16.2. The van der Waals surface area contributed by atoms with Gasteiger partial charge in [0.15, 0.2) is 0 Å². The number of nitrogens with two attached hydrogens (primary N) is 1. The summed E-state index contributed by atoms with van der Waals surface area (Å²) < 4.78 is 0. The Labute approximate surface area is 115 Å². The Morgan fingerprint density at radius 1 is 1.37 bits per heavy atom. The fourth-order valence-electron chi connectivity index (χ4n) is 2.77. The highest BCUT2D eigenvalue weighted by Crippen LogP contribution is 2.29. The number of hydrogen-bond donors (Lipinski definition) is 1. The normalized spacial score (nSPS) is 20.1. The maximum atomic E-state index is 12.3. The Kier molecular flexibility index (Phi) is 4.25. The van der Waals surface area contributed by atoms with Gasteiger partial charge in [-0.3, -0.25) is 4.79 Å². The average Bonchev–Trinajstić information content (AvgIpc) is 2.38. The van der Waals surface area contributed by atoms with E-state index in [1.807, 2.05) is 35.2 Å². The van der Waals surface area contributed by atoms with Gasteiger partial charge in [-0.15, -0.1) is 0 Å². The Balaban J connectivity index is 1.94. The zero-order chi connectivity index (χ0) is 13.9. The Morgan fingerprint density at radius 2 is 2.05 bits per heavy atom. The Bertz CT molecular complexity index is 428. The number of carbonyl (C=O) groups excluding carboxylic acids is 1. The summed E-state index contributed by atoms with van der Waals surface area (Å²) in [4.78, 5) is 14.3. The third-order valence-electron chi connectivity index (χ3n) is 3.88. The molecular formula is C16H24N2O. The molecule has 1 aliphatic heterocycles. The van der Waals surface area contributed by atoms with Crippen LogP contribution >= 0.6 is 0 Å². The van der Waals surface area contributed by atoms with Gasteiger partial charge in [0.25, 0.3) is 0 Å². The molecule has 3 nitrogen and oxygen atoms in total. The molecule has 1 fully saturated rings. The largest absolute Gasteiger partial charge is 0.342 e. The summed E-state index contributed by atoms with van der Waals surface area (Å²) in [5.41, 5.74) is 7.40. The lowest BCUT2D eigenvalue weighted by molar-refractivity contribution is -0.134. The van der Waals surface area contributed by atoms with Gasteiger partial charge in [0.1, 0.15) is 0 Å². The minimum atomic E-state index is -0.196. The van der Waals surface area contributed by atoms with Gasteiger partial charge in [-0.2, -0.15) is 0 Å². The van der Waals surface area contributed by atoms with Crippen molar-refractivity contribution in [2.24, 2.45) is 11.1 Å². The van der Waals surface area contributed by atoms with Crippen molar-refractivity contribution < 1.29 is 4.79 Å². The summed E-state index contributed by atoms with van der Waals surface area (Å²) in [5, 5.41) is 0. The molecule has 1 aliphatic rings. The number of carbonyl (C=O) groups is 1. The lowest BCUT2D eigenvalue weighted by Gasteiger charge is -2.38. The zero-order valence-electron chi connectivity index (χ0n) is 11.9. The molecule has 104 valence electrons. The van der Waals surface area contributed by atoms with E-state index < -0.39 is 0 Å². The van der Waals surface area contributed by atoms with Crippen LogP contribution in [0.1, 0.15) is 44.7 Å². The van der Waals surface area contributed by atoms with E-state index in [0.717, 1.165) is 25.1 Å². The molecule has 0 bridgehead atoms. The molecule has 0 aliphatic carbocycles. The summed E-state index contributed by atoms with van der Waals surface area (Å²) in [6, 6.07) is 9.66. The maximum absolute atomic E-state index is 12.3. The Hall–Kier alpha value is -1.35.